The predicted octanol–water partition coefficient (Wildman–Crippen LogP) is 0.815. The molecule has 2 N–H and O–H groups in total. The second-order valence-electron chi connectivity index (χ2n) is 6.29. The number of aryl methyl sites for hydroxylation is 2. The van der Waals surface area contributed by atoms with E-state index in [4.69, 9.17) is 4.74 Å². The molecule has 2 saturated heterocycles. The molecule has 2 unspecified atom stereocenters. The second-order valence-corrected chi connectivity index (χ2v) is 6.29. The molecule has 3 heterocycles. The number of nitrogens with one attached hydrogen (secondary N) is 2. The Morgan fingerprint density at radius 1 is 1.38 bits per heavy atom. The van der Waals surface area contributed by atoms with E-state index in [1.807, 2.05) is 20.9 Å². The van der Waals surface area contributed by atoms with Crippen molar-refractivity contribution in [3.8, 4) is 5.75 Å². The zero-order valence-electron chi connectivity index (χ0n) is 13.0. The van der Waals surface area contributed by atoms with Crippen molar-refractivity contribution in [3.05, 3.63) is 11.4 Å². The van der Waals surface area contributed by atoms with Crippen LogP contribution in [0.15, 0.2) is 0 Å². The summed E-state index contributed by atoms with van der Waals surface area (Å²) in [4.78, 5) is 12.1. The molecule has 2 atom stereocenters. The van der Waals surface area contributed by atoms with Crippen molar-refractivity contribution in [2.24, 2.45) is 7.05 Å². The zero-order valence-corrected chi connectivity index (χ0v) is 13.0. The number of rotatable bonds is 4. The summed E-state index contributed by atoms with van der Waals surface area (Å²) in [6, 6.07) is 1.45. The van der Waals surface area contributed by atoms with Crippen LogP contribution in [0.3, 0.4) is 0 Å². The quantitative estimate of drug-likeness (QED) is 0.862. The van der Waals surface area contributed by atoms with Crippen molar-refractivity contribution in [1.82, 2.24) is 20.4 Å². The number of piperidine rings is 1. The van der Waals surface area contributed by atoms with Crippen LogP contribution in [0.4, 0.5) is 0 Å². The van der Waals surface area contributed by atoms with Crippen LogP contribution < -0.4 is 15.4 Å². The van der Waals surface area contributed by atoms with Gasteiger partial charge in [0.15, 0.2) is 12.4 Å². The number of fused-ring (bicyclic) bond motifs is 2. The monoisotopic (exact) mass is 292 g/mol. The van der Waals surface area contributed by atoms with Gasteiger partial charge in [0.2, 0.25) is 0 Å². The van der Waals surface area contributed by atoms with Gasteiger partial charge in [0.25, 0.3) is 5.91 Å². The van der Waals surface area contributed by atoms with E-state index in [2.05, 4.69) is 15.7 Å². The predicted molar refractivity (Wildman–Crippen MR) is 79.3 cm³/mol. The van der Waals surface area contributed by atoms with Gasteiger partial charge in [0.05, 0.1) is 5.69 Å². The first-order valence-corrected chi connectivity index (χ1v) is 7.71. The molecule has 0 aromatic carbocycles. The first kappa shape index (κ1) is 14.4. The molecule has 0 radical (unpaired) electrons. The fourth-order valence-corrected chi connectivity index (χ4v) is 3.55. The van der Waals surface area contributed by atoms with Crippen molar-refractivity contribution in [1.29, 1.82) is 0 Å². The summed E-state index contributed by atoms with van der Waals surface area (Å²) in [5.74, 6) is 0.682. The molecule has 1 amide bonds. The summed E-state index contributed by atoms with van der Waals surface area (Å²) in [6.07, 6.45) is 4.55. The third-order valence-corrected chi connectivity index (χ3v) is 4.63. The molecule has 0 aliphatic carbocycles. The standard InChI is InChI=1S/C15H24N4O2/c1-9-15(10(2)19(3)18-9)21-8-14(20)17-13-6-11-4-5-12(7-13)16-11/h11-13,16H,4-8H2,1-3H3,(H,17,20). The minimum absolute atomic E-state index is 0.0380. The molecule has 2 aliphatic rings. The van der Waals surface area contributed by atoms with E-state index in [-0.39, 0.29) is 18.6 Å². The number of ether oxygens (including phenoxy) is 1. The Morgan fingerprint density at radius 3 is 2.62 bits per heavy atom. The molecule has 2 fully saturated rings. The van der Waals surface area contributed by atoms with E-state index in [1.165, 1.54) is 12.8 Å². The van der Waals surface area contributed by atoms with Gasteiger partial charge < -0.3 is 15.4 Å². The van der Waals surface area contributed by atoms with E-state index in [0.717, 1.165) is 30.0 Å². The number of nitrogens with zero attached hydrogens (tertiary/aromatic N) is 2. The van der Waals surface area contributed by atoms with E-state index < -0.39 is 0 Å². The lowest BCUT2D eigenvalue weighted by atomic mass is 10.00. The normalized spacial score (nSPS) is 27.7. The number of hydrogen-bond acceptors (Lipinski definition) is 4. The first-order chi connectivity index (χ1) is 10.0. The van der Waals surface area contributed by atoms with Gasteiger partial charge in [-0.05, 0) is 39.5 Å². The number of amides is 1. The Balaban J connectivity index is 1.50. The average molecular weight is 292 g/mol. The van der Waals surface area contributed by atoms with Gasteiger partial charge in [-0.2, -0.15) is 5.10 Å². The maximum absolute atomic E-state index is 12.1. The molecular weight excluding hydrogens is 268 g/mol. The highest BCUT2D eigenvalue weighted by molar-refractivity contribution is 5.78. The lowest BCUT2D eigenvalue weighted by Crippen LogP contribution is -2.49. The molecule has 0 spiro atoms. The van der Waals surface area contributed by atoms with Crippen molar-refractivity contribution >= 4 is 5.91 Å². The van der Waals surface area contributed by atoms with Gasteiger partial charge in [0.1, 0.15) is 5.69 Å². The van der Waals surface area contributed by atoms with Gasteiger partial charge in [0, 0.05) is 25.2 Å². The Morgan fingerprint density at radius 2 is 2.05 bits per heavy atom. The SMILES string of the molecule is Cc1nn(C)c(C)c1OCC(=O)NC1CC2CCC(C1)N2. The lowest BCUT2D eigenvalue weighted by Gasteiger charge is -2.29. The van der Waals surface area contributed by atoms with E-state index in [0.29, 0.717) is 12.1 Å². The molecule has 116 valence electrons. The van der Waals surface area contributed by atoms with Crippen LogP contribution in [0.5, 0.6) is 5.75 Å². The van der Waals surface area contributed by atoms with Crippen molar-refractivity contribution < 1.29 is 9.53 Å². The highest BCUT2D eigenvalue weighted by atomic mass is 16.5. The summed E-state index contributed by atoms with van der Waals surface area (Å²) >= 11 is 0. The Labute approximate surface area is 125 Å². The van der Waals surface area contributed by atoms with Gasteiger partial charge >= 0.3 is 0 Å². The Hall–Kier alpha value is -1.56. The zero-order chi connectivity index (χ0) is 15.0. The van der Waals surface area contributed by atoms with Crippen LogP contribution >= 0.6 is 0 Å². The van der Waals surface area contributed by atoms with Crippen LogP contribution in [0.1, 0.15) is 37.1 Å². The lowest BCUT2D eigenvalue weighted by molar-refractivity contribution is -0.124. The summed E-state index contributed by atoms with van der Waals surface area (Å²) in [6.45, 7) is 3.90. The molecular formula is C15H24N4O2. The second kappa shape index (κ2) is 5.67. The summed E-state index contributed by atoms with van der Waals surface area (Å²) < 4.78 is 7.42. The highest BCUT2D eigenvalue weighted by Gasteiger charge is 2.33. The molecule has 0 saturated carbocycles. The number of carbonyl (C=O) groups excluding carboxylic acids is 1. The Bertz CT molecular complexity index is 528. The van der Waals surface area contributed by atoms with Crippen LogP contribution in [0.2, 0.25) is 0 Å². The van der Waals surface area contributed by atoms with Crippen LogP contribution in [-0.2, 0) is 11.8 Å². The van der Waals surface area contributed by atoms with Gasteiger partial charge in [-0.25, -0.2) is 0 Å². The highest BCUT2D eigenvalue weighted by Crippen LogP contribution is 2.26. The van der Waals surface area contributed by atoms with Crippen LogP contribution in [0.25, 0.3) is 0 Å². The van der Waals surface area contributed by atoms with Gasteiger partial charge in [-0.15, -0.1) is 0 Å². The molecule has 2 bridgehead atoms. The topological polar surface area (TPSA) is 68.2 Å². The molecule has 1 aromatic rings. The van der Waals surface area contributed by atoms with Crippen LogP contribution in [0, 0.1) is 13.8 Å². The summed E-state index contributed by atoms with van der Waals surface area (Å²) in [5, 5.41) is 11.0. The molecule has 1 aromatic heterocycles. The first-order valence-electron chi connectivity index (χ1n) is 7.71. The fraction of sp³-hybridized carbons (Fsp3) is 0.733. The number of carbonyl (C=O) groups is 1. The maximum Gasteiger partial charge on any atom is 0.258 e. The molecule has 2 aliphatic heterocycles. The van der Waals surface area contributed by atoms with Crippen molar-refractivity contribution in [2.45, 2.75) is 57.7 Å². The van der Waals surface area contributed by atoms with E-state index in [9.17, 15) is 4.79 Å². The minimum atomic E-state index is -0.0380. The smallest absolute Gasteiger partial charge is 0.258 e. The van der Waals surface area contributed by atoms with Gasteiger partial charge in [-0.3, -0.25) is 9.48 Å². The van der Waals surface area contributed by atoms with E-state index in [1.54, 1.807) is 4.68 Å². The molecule has 3 rings (SSSR count). The third kappa shape index (κ3) is 3.05. The summed E-state index contributed by atoms with van der Waals surface area (Å²) in [7, 11) is 1.88. The largest absolute Gasteiger partial charge is 0.480 e. The van der Waals surface area contributed by atoms with Crippen molar-refractivity contribution in [3.63, 3.8) is 0 Å². The minimum Gasteiger partial charge on any atom is -0.480 e. The third-order valence-electron chi connectivity index (χ3n) is 4.63. The molecule has 6 heteroatoms. The van der Waals surface area contributed by atoms with E-state index >= 15 is 0 Å². The molecule has 21 heavy (non-hydrogen) atoms. The summed E-state index contributed by atoms with van der Waals surface area (Å²) in [5.41, 5.74) is 1.77. The molecule has 6 nitrogen and oxygen atoms in total. The number of aromatic nitrogens is 2. The van der Waals surface area contributed by atoms with Crippen molar-refractivity contribution in [2.75, 3.05) is 6.61 Å². The average Bonchev–Trinajstić information content (AvgIpc) is 2.88. The Kier molecular flexibility index (Phi) is 3.89. The maximum atomic E-state index is 12.1. The van der Waals surface area contributed by atoms with Gasteiger partial charge in [-0.1, -0.05) is 0 Å². The van der Waals surface area contributed by atoms with Crippen LogP contribution in [-0.4, -0.2) is 40.4 Å². The number of hydrogen-bond donors (Lipinski definition) is 2. The fourth-order valence-electron chi connectivity index (χ4n) is 3.55.